The molecule has 0 aromatic carbocycles. The number of thioether (sulfide) groups is 1. The smallest absolute Gasteiger partial charge is 0.328 e. The van der Waals surface area contributed by atoms with Crippen molar-refractivity contribution < 1.29 is 29.6 Å². The molecule has 26 heavy (non-hydrogen) atoms. The van der Waals surface area contributed by atoms with Crippen molar-refractivity contribution >= 4 is 23.7 Å². The average molecular weight is 387 g/mol. The van der Waals surface area contributed by atoms with Crippen molar-refractivity contribution in [1.82, 2.24) is 15.3 Å². The summed E-state index contributed by atoms with van der Waals surface area (Å²) in [6.45, 7) is 4.76. The van der Waals surface area contributed by atoms with Crippen LogP contribution in [0.5, 0.6) is 6.01 Å². The van der Waals surface area contributed by atoms with E-state index in [4.69, 9.17) is 14.9 Å². The van der Waals surface area contributed by atoms with Crippen molar-refractivity contribution in [3.05, 3.63) is 30.1 Å². The van der Waals surface area contributed by atoms with Crippen LogP contribution >= 0.6 is 11.8 Å². The monoisotopic (exact) mass is 387 g/mol. The molecule has 0 saturated carbocycles. The van der Waals surface area contributed by atoms with Crippen LogP contribution in [0.3, 0.4) is 0 Å². The fraction of sp³-hybridized carbons (Fsp3) is 0.500. The molecule has 4 N–H and O–H groups in total. The van der Waals surface area contributed by atoms with Gasteiger partial charge in [-0.05, 0) is 11.8 Å². The number of hydrogen-bond acceptors (Lipinski definition) is 8. The third-order valence-electron chi connectivity index (χ3n) is 2.53. The zero-order valence-electron chi connectivity index (χ0n) is 15.0. The highest BCUT2D eigenvalue weighted by Crippen LogP contribution is 2.08. The second-order valence-electron chi connectivity index (χ2n) is 5.34. The molecule has 1 aromatic heterocycles. The Morgan fingerprint density at radius 3 is 2.19 bits per heavy atom. The first-order valence-corrected chi connectivity index (χ1v) is 9.12. The van der Waals surface area contributed by atoms with E-state index in [1.54, 1.807) is 24.2 Å². The quantitative estimate of drug-likeness (QED) is 0.426. The molecule has 0 fully saturated rings. The van der Waals surface area contributed by atoms with Gasteiger partial charge in [0.1, 0.15) is 12.7 Å². The van der Waals surface area contributed by atoms with Crippen molar-refractivity contribution in [1.29, 1.82) is 0 Å². The largest absolute Gasteiger partial charge is 0.478 e. The molecule has 0 radical (unpaired) electrons. The van der Waals surface area contributed by atoms with E-state index in [9.17, 15) is 14.7 Å². The summed E-state index contributed by atoms with van der Waals surface area (Å²) in [4.78, 5) is 27.3. The number of hydrogen-bond donors (Lipinski definition) is 4. The highest BCUT2D eigenvalue weighted by Gasteiger charge is 2.07. The number of ether oxygens (including phenoxy) is 1. The third-order valence-corrected chi connectivity index (χ3v) is 3.15. The fourth-order valence-corrected chi connectivity index (χ4v) is 1.89. The lowest BCUT2D eigenvalue weighted by Crippen LogP contribution is -2.35. The number of aliphatic hydroxyl groups excluding tert-OH is 1. The lowest BCUT2D eigenvalue weighted by atomic mass is 10.3. The highest BCUT2D eigenvalue weighted by atomic mass is 32.2. The molecule has 10 heteroatoms. The predicted octanol–water partition coefficient (Wildman–Crippen LogP) is 0.789. The molecule has 0 aliphatic carbocycles. The molecule has 0 aliphatic rings. The summed E-state index contributed by atoms with van der Waals surface area (Å²) < 4.78 is 5.31. The molecule has 1 rings (SSSR count). The predicted molar refractivity (Wildman–Crippen MR) is 98.3 cm³/mol. The van der Waals surface area contributed by atoms with Gasteiger partial charge >= 0.3 is 17.9 Å². The minimum Gasteiger partial charge on any atom is -0.478 e. The van der Waals surface area contributed by atoms with E-state index in [1.807, 2.05) is 20.1 Å². The third kappa shape index (κ3) is 14.2. The average Bonchev–Trinajstić information content (AvgIpc) is 2.58. The Kier molecular flexibility index (Phi) is 12.9. The molecule has 0 aliphatic heterocycles. The van der Waals surface area contributed by atoms with Gasteiger partial charge in [-0.1, -0.05) is 13.8 Å². The van der Waals surface area contributed by atoms with E-state index in [0.717, 1.165) is 11.3 Å². The summed E-state index contributed by atoms with van der Waals surface area (Å²) >= 11 is 1.72. The Balaban J connectivity index is 0.000000660. The van der Waals surface area contributed by atoms with Crippen LogP contribution in [0.1, 0.15) is 19.4 Å². The molecular weight excluding hydrogens is 362 g/mol. The minimum absolute atomic E-state index is 0.196. The van der Waals surface area contributed by atoms with Gasteiger partial charge in [-0.3, -0.25) is 0 Å². The van der Waals surface area contributed by atoms with Gasteiger partial charge in [0.2, 0.25) is 0 Å². The van der Waals surface area contributed by atoms with Crippen LogP contribution in [-0.4, -0.2) is 68.8 Å². The van der Waals surface area contributed by atoms with E-state index in [-0.39, 0.29) is 6.61 Å². The van der Waals surface area contributed by atoms with Gasteiger partial charge in [-0.15, -0.1) is 0 Å². The number of rotatable bonds is 10. The first kappa shape index (κ1) is 23.8. The van der Waals surface area contributed by atoms with Crippen molar-refractivity contribution in [2.45, 2.75) is 31.7 Å². The van der Waals surface area contributed by atoms with Crippen LogP contribution in [0.2, 0.25) is 0 Å². The number of aliphatic hydroxyl groups is 1. The van der Waals surface area contributed by atoms with Crippen LogP contribution in [0.15, 0.2) is 24.5 Å². The Hall–Kier alpha value is -2.17. The van der Waals surface area contributed by atoms with E-state index in [1.165, 1.54) is 0 Å². The highest BCUT2D eigenvalue weighted by molar-refractivity contribution is 7.97. The molecular formula is C16H25N3O6S. The Bertz CT molecular complexity index is 550. The first-order valence-electron chi connectivity index (χ1n) is 7.72. The van der Waals surface area contributed by atoms with Crippen LogP contribution in [0.4, 0.5) is 0 Å². The fourth-order valence-electron chi connectivity index (χ4n) is 1.40. The molecule has 0 bridgehead atoms. The summed E-state index contributed by atoms with van der Waals surface area (Å²) in [5, 5.41) is 28.4. The standard InChI is InChI=1S/C12H21N3O2S.C4H4O4/c1-9(2)13-6-11(16)7-17-12-14-4-10(5-15-12)8-18-3;5-3(6)1-2-4(7)8/h4-5,9,11,13,16H,6-8H2,1-3H3;1-2H,(H,5,6)(H,7,8)/b;2-1+. The number of carbonyl (C=O) groups is 2. The number of carboxylic acids is 2. The van der Waals surface area contributed by atoms with Crippen molar-refractivity contribution in [3.63, 3.8) is 0 Å². The lowest BCUT2D eigenvalue weighted by molar-refractivity contribution is -0.134. The molecule has 146 valence electrons. The van der Waals surface area contributed by atoms with E-state index in [2.05, 4.69) is 15.3 Å². The van der Waals surface area contributed by atoms with Crippen LogP contribution < -0.4 is 10.1 Å². The molecule has 1 unspecified atom stereocenters. The molecule has 9 nitrogen and oxygen atoms in total. The SMILES string of the molecule is CSCc1cnc(OCC(O)CNC(C)C)nc1.O=C(O)/C=C/C(=O)O. The van der Waals surface area contributed by atoms with Crippen molar-refractivity contribution in [3.8, 4) is 6.01 Å². The second-order valence-corrected chi connectivity index (χ2v) is 6.21. The van der Waals surface area contributed by atoms with Crippen molar-refractivity contribution in [2.24, 2.45) is 0 Å². The van der Waals surface area contributed by atoms with E-state index >= 15 is 0 Å². The summed E-state index contributed by atoms with van der Waals surface area (Å²) in [6.07, 6.45) is 6.09. The zero-order chi connectivity index (χ0) is 19.9. The van der Waals surface area contributed by atoms with Gasteiger partial charge in [-0.25, -0.2) is 19.6 Å². The number of nitrogens with zero attached hydrogens (tertiary/aromatic N) is 2. The Morgan fingerprint density at radius 2 is 1.77 bits per heavy atom. The summed E-state index contributed by atoms with van der Waals surface area (Å²) in [5.74, 6) is -1.62. The number of nitrogens with one attached hydrogen (secondary N) is 1. The van der Waals surface area contributed by atoms with Gasteiger partial charge < -0.3 is 25.4 Å². The minimum atomic E-state index is -1.26. The maximum absolute atomic E-state index is 9.65. The normalized spacial score (nSPS) is 11.7. The number of carboxylic acid groups (broad SMARTS) is 2. The van der Waals surface area contributed by atoms with Crippen LogP contribution in [-0.2, 0) is 15.3 Å². The van der Waals surface area contributed by atoms with Crippen LogP contribution in [0.25, 0.3) is 0 Å². The van der Waals surface area contributed by atoms with Gasteiger partial charge in [0.05, 0.1) is 0 Å². The molecule has 1 atom stereocenters. The lowest BCUT2D eigenvalue weighted by Gasteiger charge is -2.14. The molecule has 1 heterocycles. The second kappa shape index (κ2) is 14.0. The van der Waals surface area contributed by atoms with Crippen LogP contribution in [0, 0.1) is 0 Å². The first-order chi connectivity index (χ1) is 12.2. The van der Waals surface area contributed by atoms with Gasteiger partial charge in [0.15, 0.2) is 0 Å². The molecule has 1 aromatic rings. The summed E-state index contributed by atoms with van der Waals surface area (Å²) in [5.41, 5.74) is 1.07. The van der Waals surface area contributed by atoms with E-state index < -0.39 is 18.0 Å². The maximum atomic E-state index is 9.65. The number of aliphatic carboxylic acids is 2. The maximum Gasteiger partial charge on any atom is 0.328 e. The van der Waals surface area contributed by atoms with Gasteiger partial charge in [0, 0.05) is 42.9 Å². The topological polar surface area (TPSA) is 142 Å². The Labute approximate surface area is 156 Å². The number of aromatic nitrogens is 2. The van der Waals surface area contributed by atoms with E-state index in [0.29, 0.717) is 30.7 Å². The summed E-state index contributed by atoms with van der Waals surface area (Å²) in [7, 11) is 0. The van der Waals surface area contributed by atoms with Gasteiger partial charge in [0.25, 0.3) is 0 Å². The zero-order valence-corrected chi connectivity index (χ0v) is 15.8. The molecule has 0 spiro atoms. The van der Waals surface area contributed by atoms with Gasteiger partial charge in [-0.2, -0.15) is 11.8 Å². The summed E-state index contributed by atoms with van der Waals surface area (Å²) in [6, 6.07) is 0.658. The molecule has 0 saturated heterocycles. The van der Waals surface area contributed by atoms with Crippen molar-refractivity contribution in [2.75, 3.05) is 19.4 Å². The Morgan fingerprint density at radius 1 is 1.23 bits per heavy atom. The molecule has 0 amide bonds.